The molecule has 0 aromatic rings. The van der Waals surface area contributed by atoms with Gasteiger partial charge in [0.15, 0.2) is 0 Å². The normalized spacial score (nSPS) is 23.1. The molecule has 2 nitrogen and oxygen atoms in total. The third kappa shape index (κ3) is 4.34. The molecule has 0 bridgehead atoms. The number of hydrogen-bond acceptors (Lipinski definition) is 2. The molecule has 1 fully saturated rings. The van der Waals surface area contributed by atoms with Crippen LogP contribution in [0, 0.1) is 5.92 Å². The molecule has 0 aliphatic carbocycles. The van der Waals surface area contributed by atoms with Crippen LogP contribution in [0.3, 0.4) is 0 Å². The van der Waals surface area contributed by atoms with Gasteiger partial charge in [0.1, 0.15) is 0 Å². The lowest BCUT2D eigenvalue weighted by molar-refractivity contribution is 0.544. The highest BCUT2D eigenvalue weighted by Gasteiger charge is 2.11. The van der Waals surface area contributed by atoms with Crippen LogP contribution in [0.4, 0.5) is 0 Å². The molecule has 1 rings (SSSR count). The van der Waals surface area contributed by atoms with Gasteiger partial charge < -0.3 is 10.6 Å². The minimum Gasteiger partial charge on any atom is -0.319 e. The van der Waals surface area contributed by atoms with E-state index in [0.717, 1.165) is 5.92 Å². The fourth-order valence-corrected chi connectivity index (χ4v) is 1.18. The van der Waals surface area contributed by atoms with Crippen molar-refractivity contribution in [2.45, 2.75) is 6.42 Å². The zero-order chi connectivity index (χ0) is 5.82. The monoisotopic (exact) mass is 186 g/mol. The Balaban J connectivity index is 0. The van der Waals surface area contributed by atoms with Crippen molar-refractivity contribution in [2.24, 2.45) is 5.92 Å². The molecule has 4 heteroatoms. The van der Waals surface area contributed by atoms with Crippen molar-refractivity contribution >= 4 is 24.8 Å². The minimum absolute atomic E-state index is 0. The van der Waals surface area contributed by atoms with E-state index in [2.05, 4.69) is 10.6 Å². The largest absolute Gasteiger partial charge is 0.319 e. The first-order chi connectivity index (χ1) is 3.93. The van der Waals surface area contributed by atoms with Crippen molar-refractivity contribution in [2.75, 3.05) is 26.7 Å². The first kappa shape index (κ1) is 13.1. The van der Waals surface area contributed by atoms with Gasteiger partial charge >= 0.3 is 0 Å². The smallest absolute Gasteiger partial charge is 0.000790 e. The summed E-state index contributed by atoms with van der Waals surface area (Å²) in [5.74, 6) is 0.889. The lowest BCUT2D eigenvalue weighted by atomic mass is 10.1. The van der Waals surface area contributed by atoms with Gasteiger partial charge in [-0.05, 0) is 39.0 Å². The molecule has 64 valence electrons. The molecule has 1 aliphatic rings. The van der Waals surface area contributed by atoms with Crippen LogP contribution < -0.4 is 10.6 Å². The fraction of sp³-hybridized carbons (Fsp3) is 1.00. The van der Waals surface area contributed by atoms with Crippen LogP contribution in [0.25, 0.3) is 0 Å². The highest BCUT2D eigenvalue weighted by Crippen LogP contribution is 2.04. The van der Waals surface area contributed by atoms with E-state index in [-0.39, 0.29) is 24.8 Å². The van der Waals surface area contributed by atoms with Crippen molar-refractivity contribution in [3.8, 4) is 0 Å². The first-order valence-electron chi connectivity index (χ1n) is 3.29. The second kappa shape index (κ2) is 7.61. The summed E-state index contributed by atoms with van der Waals surface area (Å²) in [5.41, 5.74) is 0. The standard InChI is InChI=1S/C6H14N2.2ClH/c1-7-4-6-2-3-8-5-6;;/h6-8H,2-5H2,1H3;2*1H. The summed E-state index contributed by atoms with van der Waals surface area (Å²) >= 11 is 0. The van der Waals surface area contributed by atoms with E-state index in [9.17, 15) is 0 Å². The summed E-state index contributed by atoms with van der Waals surface area (Å²) in [6.45, 7) is 3.60. The predicted octanol–water partition coefficient (Wildman–Crippen LogP) is 0.659. The van der Waals surface area contributed by atoms with E-state index < -0.39 is 0 Å². The molecule has 0 spiro atoms. The Hall–Kier alpha value is 0.500. The summed E-state index contributed by atoms with van der Waals surface area (Å²) < 4.78 is 0. The van der Waals surface area contributed by atoms with Crippen LogP contribution in [0.2, 0.25) is 0 Å². The molecule has 1 atom stereocenters. The van der Waals surface area contributed by atoms with Gasteiger partial charge in [0.2, 0.25) is 0 Å². The van der Waals surface area contributed by atoms with Crippen LogP contribution in [-0.4, -0.2) is 26.7 Å². The Kier molecular flexibility index (Phi) is 9.97. The molecular formula is C6H16Cl2N2. The summed E-state index contributed by atoms with van der Waals surface area (Å²) in [7, 11) is 2.01. The van der Waals surface area contributed by atoms with Gasteiger partial charge in [-0.2, -0.15) is 0 Å². The number of nitrogens with one attached hydrogen (secondary N) is 2. The van der Waals surface area contributed by atoms with E-state index in [0.29, 0.717) is 0 Å². The Morgan fingerprint density at radius 1 is 1.50 bits per heavy atom. The van der Waals surface area contributed by atoms with Gasteiger partial charge in [-0.3, -0.25) is 0 Å². The molecule has 0 saturated carbocycles. The van der Waals surface area contributed by atoms with Crippen LogP contribution in [0.15, 0.2) is 0 Å². The zero-order valence-corrected chi connectivity index (χ0v) is 7.86. The van der Waals surface area contributed by atoms with Gasteiger partial charge in [0, 0.05) is 0 Å². The van der Waals surface area contributed by atoms with Crippen LogP contribution in [0.1, 0.15) is 6.42 Å². The highest BCUT2D eigenvalue weighted by molar-refractivity contribution is 5.85. The van der Waals surface area contributed by atoms with Crippen molar-refractivity contribution < 1.29 is 0 Å². The van der Waals surface area contributed by atoms with Gasteiger partial charge in [-0.1, -0.05) is 0 Å². The molecule has 1 aliphatic heterocycles. The Labute approximate surface area is 75.0 Å². The maximum Gasteiger partial charge on any atom is -0.000790 e. The van der Waals surface area contributed by atoms with Crippen molar-refractivity contribution in [3.63, 3.8) is 0 Å². The minimum atomic E-state index is 0. The average Bonchev–Trinajstić information content (AvgIpc) is 2.19. The topological polar surface area (TPSA) is 24.1 Å². The highest BCUT2D eigenvalue weighted by atomic mass is 35.5. The van der Waals surface area contributed by atoms with E-state index in [1.807, 2.05) is 7.05 Å². The van der Waals surface area contributed by atoms with E-state index in [1.54, 1.807) is 0 Å². The predicted molar refractivity (Wildman–Crippen MR) is 49.4 cm³/mol. The van der Waals surface area contributed by atoms with Crippen molar-refractivity contribution in [3.05, 3.63) is 0 Å². The lowest BCUT2D eigenvalue weighted by Gasteiger charge is -2.04. The van der Waals surface area contributed by atoms with E-state index in [1.165, 1.54) is 26.1 Å². The summed E-state index contributed by atoms with van der Waals surface area (Å²) in [6, 6.07) is 0. The van der Waals surface area contributed by atoms with E-state index >= 15 is 0 Å². The third-order valence-electron chi connectivity index (χ3n) is 1.66. The number of halogens is 2. The van der Waals surface area contributed by atoms with Gasteiger partial charge in [0.05, 0.1) is 0 Å². The molecule has 1 unspecified atom stereocenters. The Bertz CT molecular complexity index is 64.8. The Morgan fingerprint density at radius 2 is 2.20 bits per heavy atom. The fourth-order valence-electron chi connectivity index (χ4n) is 1.18. The molecule has 0 aromatic carbocycles. The maximum absolute atomic E-state index is 3.32. The third-order valence-corrected chi connectivity index (χ3v) is 1.66. The Morgan fingerprint density at radius 3 is 2.60 bits per heavy atom. The van der Waals surface area contributed by atoms with Crippen LogP contribution in [-0.2, 0) is 0 Å². The number of hydrogen-bond donors (Lipinski definition) is 2. The summed E-state index contributed by atoms with van der Waals surface area (Å²) in [5, 5.41) is 6.49. The lowest BCUT2D eigenvalue weighted by Crippen LogP contribution is -2.20. The molecule has 10 heavy (non-hydrogen) atoms. The summed E-state index contributed by atoms with van der Waals surface area (Å²) in [4.78, 5) is 0. The first-order valence-corrected chi connectivity index (χ1v) is 3.29. The molecule has 0 aromatic heterocycles. The second-order valence-electron chi connectivity index (χ2n) is 2.42. The van der Waals surface area contributed by atoms with Crippen molar-refractivity contribution in [1.29, 1.82) is 0 Å². The molecule has 0 radical (unpaired) electrons. The average molecular weight is 187 g/mol. The zero-order valence-electron chi connectivity index (χ0n) is 6.22. The van der Waals surface area contributed by atoms with Gasteiger partial charge in [-0.25, -0.2) is 0 Å². The quantitative estimate of drug-likeness (QED) is 0.663. The van der Waals surface area contributed by atoms with Crippen LogP contribution in [0.5, 0.6) is 0 Å². The molecule has 1 saturated heterocycles. The van der Waals surface area contributed by atoms with Crippen LogP contribution >= 0.6 is 24.8 Å². The second-order valence-corrected chi connectivity index (χ2v) is 2.42. The molecule has 1 heterocycles. The maximum atomic E-state index is 3.32. The molecule has 0 amide bonds. The number of rotatable bonds is 2. The van der Waals surface area contributed by atoms with Gasteiger partial charge in [0.25, 0.3) is 0 Å². The summed E-state index contributed by atoms with van der Waals surface area (Å²) in [6.07, 6.45) is 1.35. The SMILES string of the molecule is CNCC1CCNC1.Cl.Cl. The van der Waals surface area contributed by atoms with Gasteiger partial charge in [-0.15, -0.1) is 24.8 Å². The molecule has 2 N–H and O–H groups in total. The molecular weight excluding hydrogens is 171 g/mol. The van der Waals surface area contributed by atoms with E-state index in [4.69, 9.17) is 0 Å². The van der Waals surface area contributed by atoms with Crippen molar-refractivity contribution in [1.82, 2.24) is 10.6 Å².